The van der Waals surface area contributed by atoms with Crippen LogP contribution in [0.1, 0.15) is 37.7 Å². The third-order valence-corrected chi connectivity index (χ3v) is 3.52. The highest BCUT2D eigenvalue weighted by Crippen LogP contribution is 2.41. The van der Waals surface area contributed by atoms with Crippen LogP contribution in [-0.2, 0) is 4.79 Å². The number of carbonyl (C=O) groups excluding carboxylic acids is 1. The van der Waals surface area contributed by atoms with Gasteiger partial charge in [-0.25, -0.2) is 0 Å². The summed E-state index contributed by atoms with van der Waals surface area (Å²) < 4.78 is 0. The molecule has 3 heteroatoms. The Morgan fingerprint density at radius 3 is 2.44 bits per heavy atom. The van der Waals surface area contributed by atoms with Gasteiger partial charge in [-0.15, -0.1) is 0 Å². The van der Waals surface area contributed by atoms with Crippen LogP contribution < -0.4 is 5.73 Å². The summed E-state index contributed by atoms with van der Waals surface area (Å²) in [4.78, 5) is 11.6. The zero-order chi connectivity index (χ0) is 11.8. The number of hydrogen-bond acceptors (Lipinski definition) is 2. The van der Waals surface area contributed by atoms with Crippen LogP contribution in [0.4, 0.5) is 0 Å². The van der Waals surface area contributed by atoms with Crippen LogP contribution in [-0.4, -0.2) is 11.3 Å². The first kappa shape index (κ1) is 11.6. The maximum Gasteiger partial charge on any atom is 0.137 e. The summed E-state index contributed by atoms with van der Waals surface area (Å²) in [7, 11) is 0. The Morgan fingerprint density at radius 1 is 1.44 bits per heavy atom. The molecule has 1 atom stereocenters. The van der Waals surface area contributed by atoms with Gasteiger partial charge in [0.05, 0.1) is 0 Å². The number of hydrogen-bond donors (Lipinski definition) is 1. The molecule has 0 spiro atoms. The lowest BCUT2D eigenvalue weighted by Crippen LogP contribution is -2.27. The van der Waals surface area contributed by atoms with Gasteiger partial charge in [0.25, 0.3) is 0 Å². The Kier molecular flexibility index (Phi) is 3.04. The fourth-order valence-electron chi connectivity index (χ4n) is 1.96. The van der Waals surface area contributed by atoms with E-state index in [9.17, 15) is 4.79 Å². The lowest BCUT2D eigenvalue weighted by Gasteiger charge is -2.18. The fourth-order valence-corrected chi connectivity index (χ4v) is 2.09. The smallest absolute Gasteiger partial charge is 0.137 e. The summed E-state index contributed by atoms with van der Waals surface area (Å²) in [6.45, 7) is 1.63. The van der Waals surface area contributed by atoms with Gasteiger partial charge in [-0.3, -0.25) is 4.79 Å². The van der Waals surface area contributed by atoms with Gasteiger partial charge in [-0.05, 0) is 43.9 Å². The molecule has 16 heavy (non-hydrogen) atoms. The van der Waals surface area contributed by atoms with E-state index in [-0.39, 0.29) is 17.2 Å². The molecule has 1 fully saturated rings. The minimum absolute atomic E-state index is 0.0789. The van der Waals surface area contributed by atoms with Gasteiger partial charge >= 0.3 is 0 Å². The maximum absolute atomic E-state index is 11.6. The van der Waals surface area contributed by atoms with E-state index in [2.05, 4.69) is 0 Å². The third-order valence-electron chi connectivity index (χ3n) is 3.27. The van der Waals surface area contributed by atoms with E-state index >= 15 is 0 Å². The van der Waals surface area contributed by atoms with Crippen LogP contribution in [0, 0.1) is 0 Å². The number of rotatable bonds is 4. The molecule has 2 rings (SSSR count). The SMILES string of the molecule is CC(=O)[C@H](CC1(N)CC1)c1ccc(Cl)cc1. The van der Waals surface area contributed by atoms with Crippen molar-refractivity contribution < 1.29 is 4.79 Å². The molecule has 2 nitrogen and oxygen atoms in total. The van der Waals surface area contributed by atoms with E-state index in [1.807, 2.05) is 24.3 Å². The molecule has 1 aromatic rings. The van der Waals surface area contributed by atoms with E-state index in [0.29, 0.717) is 5.02 Å². The van der Waals surface area contributed by atoms with Crippen LogP contribution >= 0.6 is 11.6 Å². The number of halogens is 1. The first-order valence-electron chi connectivity index (χ1n) is 5.55. The summed E-state index contributed by atoms with van der Waals surface area (Å²) in [6, 6.07) is 7.48. The summed E-state index contributed by atoms with van der Waals surface area (Å²) in [5, 5.41) is 0.694. The number of carbonyl (C=O) groups is 1. The molecule has 0 bridgehead atoms. The Balaban J connectivity index is 2.18. The highest BCUT2D eigenvalue weighted by atomic mass is 35.5. The van der Waals surface area contributed by atoms with E-state index in [4.69, 9.17) is 17.3 Å². The standard InChI is InChI=1S/C13H16ClNO/c1-9(16)12(8-13(15)6-7-13)10-2-4-11(14)5-3-10/h2-5,12H,6-8,15H2,1H3/t12-/m0/s1. The molecular formula is C13H16ClNO. The Bertz CT molecular complexity index is 395. The molecule has 0 amide bonds. The molecule has 1 saturated carbocycles. The van der Waals surface area contributed by atoms with Gasteiger partial charge in [0.1, 0.15) is 5.78 Å². The van der Waals surface area contributed by atoms with E-state index < -0.39 is 0 Å². The molecule has 0 saturated heterocycles. The molecule has 86 valence electrons. The third kappa shape index (κ3) is 2.63. The lowest BCUT2D eigenvalue weighted by molar-refractivity contribution is -0.118. The van der Waals surface area contributed by atoms with Gasteiger partial charge in [-0.2, -0.15) is 0 Å². The molecule has 0 unspecified atom stereocenters. The molecule has 0 heterocycles. The summed E-state index contributed by atoms with van der Waals surface area (Å²) >= 11 is 5.83. The zero-order valence-corrected chi connectivity index (χ0v) is 10.1. The second-order valence-corrected chi connectivity index (χ2v) is 5.22. The van der Waals surface area contributed by atoms with Gasteiger partial charge < -0.3 is 5.73 Å². The maximum atomic E-state index is 11.6. The van der Waals surface area contributed by atoms with Crippen molar-refractivity contribution in [3.63, 3.8) is 0 Å². The van der Waals surface area contributed by atoms with Crippen LogP contribution in [0.5, 0.6) is 0 Å². The average molecular weight is 238 g/mol. The molecule has 0 radical (unpaired) electrons. The zero-order valence-electron chi connectivity index (χ0n) is 9.37. The van der Waals surface area contributed by atoms with Crippen molar-refractivity contribution in [1.29, 1.82) is 0 Å². The van der Waals surface area contributed by atoms with Crippen LogP contribution in [0.15, 0.2) is 24.3 Å². The van der Waals surface area contributed by atoms with Gasteiger partial charge in [0.2, 0.25) is 0 Å². The Morgan fingerprint density at radius 2 is 2.00 bits per heavy atom. The molecule has 1 aromatic carbocycles. The minimum atomic E-state index is -0.101. The molecule has 1 aliphatic carbocycles. The Labute approximate surface area is 101 Å². The monoisotopic (exact) mass is 237 g/mol. The number of benzene rings is 1. The number of nitrogens with two attached hydrogens (primary N) is 1. The second-order valence-electron chi connectivity index (χ2n) is 4.78. The molecule has 1 aliphatic rings. The normalized spacial score (nSPS) is 19.2. The quantitative estimate of drug-likeness (QED) is 0.875. The van der Waals surface area contributed by atoms with E-state index in [0.717, 1.165) is 24.8 Å². The Hall–Kier alpha value is -0.860. The minimum Gasteiger partial charge on any atom is -0.325 e. The van der Waals surface area contributed by atoms with Gasteiger partial charge in [0.15, 0.2) is 0 Å². The first-order valence-corrected chi connectivity index (χ1v) is 5.93. The van der Waals surface area contributed by atoms with Gasteiger partial charge in [0, 0.05) is 16.5 Å². The second kappa shape index (κ2) is 4.19. The largest absolute Gasteiger partial charge is 0.325 e. The van der Waals surface area contributed by atoms with Crippen molar-refractivity contribution >= 4 is 17.4 Å². The van der Waals surface area contributed by atoms with Crippen molar-refractivity contribution in [2.45, 2.75) is 37.6 Å². The fraction of sp³-hybridized carbons (Fsp3) is 0.462. The predicted octanol–water partition coefficient (Wildman–Crippen LogP) is 2.89. The van der Waals surface area contributed by atoms with Crippen LogP contribution in [0.2, 0.25) is 5.02 Å². The van der Waals surface area contributed by atoms with E-state index in [1.54, 1.807) is 6.92 Å². The van der Waals surface area contributed by atoms with Crippen molar-refractivity contribution in [3.8, 4) is 0 Å². The van der Waals surface area contributed by atoms with Crippen LogP contribution in [0.25, 0.3) is 0 Å². The number of ketones is 1. The molecule has 2 N–H and O–H groups in total. The summed E-state index contributed by atoms with van der Waals surface area (Å²) in [6.07, 6.45) is 2.82. The molecule has 0 aliphatic heterocycles. The molecule has 0 aromatic heterocycles. The number of Topliss-reactive ketones (excluding diaryl/α,β-unsaturated/α-hetero) is 1. The van der Waals surface area contributed by atoms with Crippen molar-refractivity contribution in [2.24, 2.45) is 5.73 Å². The van der Waals surface area contributed by atoms with Crippen molar-refractivity contribution in [3.05, 3.63) is 34.9 Å². The molecular weight excluding hydrogens is 222 g/mol. The predicted molar refractivity (Wildman–Crippen MR) is 65.6 cm³/mol. The van der Waals surface area contributed by atoms with E-state index in [1.165, 1.54) is 0 Å². The highest BCUT2D eigenvalue weighted by Gasteiger charge is 2.41. The summed E-state index contributed by atoms with van der Waals surface area (Å²) in [5.41, 5.74) is 6.99. The van der Waals surface area contributed by atoms with Crippen LogP contribution in [0.3, 0.4) is 0 Å². The average Bonchev–Trinajstić information content (AvgIpc) is 2.95. The van der Waals surface area contributed by atoms with Gasteiger partial charge in [-0.1, -0.05) is 23.7 Å². The first-order chi connectivity index (χ1) is 7.50. The van der Waals surface area contributed by atoms with Crippen molar-refractivity contribution in [2.75, 3.05) is 0 Å². The van der Waals surface area contributed by atoms with Crippen molar-refractivity contribution in [1.82, 2.24) is 0 Å². The summed E-state index contributed by atoms with van der Waals surface area (Å²) in [5.74, 6) is 0.101. The lowest BCUT2D eigenvalue weighted by atomic mass is 9.88. The highest BCUT2D eigenvalue weighted by molar-refractivity contribution is 6.30. The topological polar surface area (TPSA) is 43.1 Å².